The Labute approximate surface area is 184 Å². The molecule has 1 unspecified atom stereocenters. The first-order chi connectivity index (χ1) is 15.2. The Bertz CT molecular complexity index is 994. The van der Waals surface area contributed by atoms with Crippen molar-refractivity contribution in [3.8, 4) is 5.75 Å². The van der Waals surface area contributed by atoms with E-state index in [0.717, 1.165) is 17.7 Å². The molecule has 0 aromatic heterocycles. The van der Waals surface area contributed by atoms with Crippen LogP contribution in [-0.4, -0.2) is 38.1 Å². The predicted molar refractivity (Wildman–Crippen MR) is 114 cm³/mol. The van der Waals surface area contributed by atoms with Crippen LogP contribution in [0, 0.1) is 0 Å². The summed E-state index contributed by atoms with van der Waals surface area (Å²) >= 11 is 0. The van der Waals surface area contributed by atoms with Crippen LogP contribution in [0.15, 0.2) is 42.5 Å². The number of nitrogens with zero attached hydrogens (tertiary/aromatic N) is 1. The number of para-hydroxylation sites is 1. The average Bonchev–Trinajstić information content (AvgIpc) is 2.90. The summed E-state index contributed by atoms with van der Waals surface area (Å²) in [5.41, 5.74) is 0.887. The van der Waals surface area contributed by atoms with Crippen molar-refractivity contribution in [2.75, 3.05) is 19.1 Å². The number of nitrogens with one attached hydrogen (secondary N) is 2. The van der Waals surface area contributed by atoms with Gasteiger partial charge >= 0.3 is 6.18 Å². The highest BCUT2D eigenvalue weighted by atomic mass is 19.4. The number of hydrogen-bond donors (Lipinski definition) is 2. The molecular weight excluding hydrogens is 423 g/mol. The van der Waals surface area contributed by atoms with Gasteiger partial charge in [-0.05, 0) is 56.6 Å². The third-order valence-electron chi connectivity index (χ3n) is 5.63. The molecule has 0 saturated carbocycles. The Kier molecular flexibility index (Phi) is 7.08. The van der Waals surface area contributed by atoms with E-state index in [9.17, 15) is 22.8 Å². The van der Waals surface area contributed by atoms with Crippen molar-refractivity contribution >= 4 is 17.5 Å². The van der Waals surface area contributed by atoms with E-state index in [1.165, 1.54) is 18.1 Å². The van der Waals surface area contributed by atoms with Crippen molar-refractivity contribution in [1.29, 1.82) is 0 Å². The largest absolute Gasteiger partial charge is 0.496 e. The Morgan fingerprint density at radius 3 is 2.62 bits per heavy atom. The third-order valence-corrected chi connectivity index (χ3v) is 5.63. The lowest BCUT2D eigenvalue weighted by molar-refractivity contribution is -0.137. The first-order valence-electron chi connectivity index (χ1n) is 10.3. The lowest BCUT2D eigenvalue weighted by Gasteiger charge is -2.28. The summed E-state index contributed by atoms with van der Waals surface area (Å²) in [4.78, 5) is 27.3. The van der Waals surface area contributed by atoms with E-state index in [0.29, 0.717) is 18.5 Å². The molecule has 0 spiro atoms. The van der Waals surface area contributed by atoms with Crippen LogP contribution in [0.5, 0.6) is 5.75 Å². The summed E-state index contributed by atoms with van der Waals surface area (Å²) in [5.74, 6) is -0.462. The number of ether oxygens (including phenoxy) is 1. The van der Waals surface area contributed by atoms with Gasteiger partial charge in [0.2, 0.25) is 11.8 Å². The van der Waals surface area contributed by atoms with Crippen LogP contribution >= 0.6 is 0 Å². The van der Waals surface area contributed by atoms with E-state index in [-0.39, 0.29) is 29.7 Å². The van der Waals surface area contributed by atoms with Crippen molar-refractivity contribution in [2.24, 2.45) is 0 Å². The van der Waals surface area contributed by atoms with Gasteiger partial charge in [0.05, 0.1) is 25.3 Å². The van der Waals surface area contributed by atoms with E-state index in [4.69, 9.17) is 4.74 Å². The lowest BCUT2D eigenvalue weighted by Crippen LogP contribution is -2.52. The molecular formula is C23H26F3N3O3. The van der Waals surface area contributed by atoms with E-state index >= 15 is 0 Å². The van der Waals surface area contributed by atoms with Crippen molar-refractivity contribution in [3.05, 3.63) is 59.2 Å². The minimum Gasteiger partial charge on any atom is -0.496 e. The van der Waals surface area contributed by atoms with Gasteiger partial charge in [0.1, 0.15) is 11.8 Å². The number of hydrogen-bond acceptors (Lipinski definition) is 4. The quantitative estimate of drug-likeness (QED) is 0.710. The highest BCUT2D eigenvalue weighted by molar-refractivity contribution is 6.00. The maximum Gasteiger partial charge on any atom is 0.416 e. The number of halogens is 3. The van der Waals surface area contributed by atoms with Crippen LogP contribution in [0.3, 0.4) is 0 Å². The normalized spacial score (nSPS) is 17.4. The first kappa shape index (κ1) is 23.6. The second kappa shape index (κ2) is 9.60. The monoisotopic (exact) mass is 449 g/mol. The summed E-state index contributed by atoms with van der Waals surface area (Å²) < 4.78 is 45.2. The third kappa shape index (κ3) is 5.04. The van der Waals surface area contributed by atoms with Crippen molar-refractivity contribution < 1.29 is 27.5 Å². The van der Waals surface area contributed by atoms with Crippen LogP contribution in [-0.2, 0) is 28.7 Å². The number of aryl methyl sites for hydroxylation is 1. The molecule has 0 bridgehead atoms. The van der Waals surface area contributed by atoms with E-state index < -0.39 is 23.8 Å². The molecule has 172 valence electrons. The number of alkyl halides is 3. The molecule has 2 amide bonds. The zero-order chi connectivity index (χ0) is 23.5. The molecule has 1 heterocycles. The summed E-state index contributed by atoms with van der Waals surface area (Å²) in [6.45, 7) is 1.55. The number of benzene rings is 2. The second-order valence-electron chi connectivity index (χ2n) is 7.69. The Morgan fingerprint density at radius 2 is 1.97 bits per heavy atom. The summed E-state index contributed by atoms with van der Waals surface area (Å²) in [5, 5.41) is 5.60. The minimum atomic E-state index is -4.53. The number of rotatable bonds is 6. The van der Waals surface area contributed by atoms with Gasteiger partial charge < -0.3 is 20.3 Å². The van der Waals surface area contributed by atoms with Crippen LogP contribution < -0.4 is 20.3 Å². The fraction of sp³-hybridized carbons (Fsp3) is 0.391. The molecule has 9 heteroatoms. The summed E-state index contributed by atoms with van der Waals surface area (Å²) in [6.07, 6.45) is -3.60. The first-order valence-corrected chi connectivity index (χ1v) is 10.3. The SMILES string of the molecule is CNC(C)C(=O)N[C@H]1CCc2ccccc2N(Cc2cc(C(F)(F)F)ccc2OC)C1=O. The van der Waals surface area contributed by atoms with Gasteiger partial charge in [-0.2, -0.15) is 13.2 Å². The molecule has 1 aliphatic rings. The van der Waals surface area contributed by atoms with Gasteiger partial charge in [0.25, 0.3) is 0 Å². The molecule has 2 aromatic rings. The van der Waals surface area contributed by atoms with Crippen LogP contribution in [0.2, 0.25) is 0 Å². The fourth-order valence-corrected chi connectivity index (χ4v) is 3.69. The van der Waals surface area contributed by atoms with Gasteiger partial charge in [-0.3, -0.25) is 9.59 Å². The minimum absolute atomic E-state index is 0.128. The fourth-order valence-electron chi connectivity index (χ4n) is 3.69. The van der Waals surface area contributed by atoms with Crippen LogP contribution in [0.4, 0.5) is 18.9 Å². The number of carbonyl (C=O) groups is 2. The van der Waals surface area contributed by atoms with E-state index in [2.05, 4.69) is 10.6 Å². The summed E-state index contributed by atoms with van der Waals surface area (Å²) in [6, 6.07) is 9.14. The molecule has 3 rings (SSSR count). The molecule has 2 atom stereocenters. The predicted octanol–water partition coefficient (Wildman–Crippen LogP) is 3.29. The molecule has 0 saturated heterocycles. The van der Waals surface area contributed by atoms with Crippen molar-refractivity contribution in [1.82, 2.24) is 10.6 Å². The molecule has 2 aromatic carbocycles. The standard InChI is InChI=1S/C23H26F3N3O3/c1-14(27-2)21(30)28-18-10-8-15-6-4-5-7-19(15)29(22(18)31)13-16-12-17(23(24,25)26)9-11-20(16)32-3/h4-7,9,11-12,14,18,27H,8,10,13H2,1-3H3,(H,28,30)/t14?,18-/m0/s1. The van der Waals surface area contributed by atoms with Crippen LogP contribution in [0.25, 0.3) is 0 Å². The number of carbonyl (C=O) groups excluding carboxylic acids is 2. The maximum absolute atomic E-state index is 13.5. The van der Waals surface area contributed by atoms with Gasteiger partial charge in [0.15, 0.2) is 0 Å². The van der Waals surface area contributed by atoms with Crippen molar-refractivity contribution in [3.63, 3.8) is 0 Å². The Hall–Kier alpha value is -3.07. The molecule has 0 aliphatic carbocycles. The number of likely N-dealkylation sites (N-methyl/N-ethyl adjacent to an activating group) is 1. The zero-order valence-corrected chi connectivity index (χ0v) is 18.1. The highest BCUT2D eigenvalue weighted by Gasteiger charge is 2.34. The number of methoxy groups -OCH3 is 1. The highest BCUT2D eigenvalue weighted by Crippen LogP contribution is 2.35. The molecule has 32 heavy (non-hydrogen) atoms. The molecule has 2 N–H and O–H groups in total. The second-order valence-corrected chi connectivity index (χ2v) is 7.69. The molecule has 1 aliphatic heterocycles. The smallest absolute Gasteiger partial charge is 0.416 e. The van der Waals surface area contributed by atoms with Gasteiger partial charge in [-0.25, -0.2) is 0 Å². The lowest BCUT2D eigenvalue weighted by atomic mass is 10.1. The Morgan fingerprint density at radius 1 is 1.25 bits per heavy atom. The van der Waals surface area contributed by atoms with E-state index in [1.807, 2.05) is 12.1 Å². The average molecular weight is 449 g/mol. The summed E-state index contributed by atoms with van der Waals surface area (Å²) in [7, 11) is 3.01. The van der Waals surface area contributed by atoms with Gasteiger partial charge in [-0.1, -0.05) is 18.2 Å². The van der Waals surface area contributed by atoms with Gasteiger partial charge in [0, 0.05) is 11.3 Å². The number of amides is 2. The molecule has 0 fully saturated rings. The van der Waals surface area contributed by atoms with Crippen molar-refractivity contribution in [2.45, 2.75) is 44.6 Å². The number of anilines is 1. The Balaban J connectivity index is 2.00. The van der Waals surface area contributed by atoms with E-state index in [1.54, 1.807) is 26.1 Å². The molecule has 0 radical (unpaired) electrons. The molecule has 6 nitrogen and oxygen atoms in total. The maximum atomic E-state index is 13.5. The number of fused-ring (bicyclic) bond motifs is 1. The topological polar surface area (TPSA) is 70.7 Å². The van der Waals surface area contributed by atoms with Gasteiger partial charge in [-0.15, -0.1) is 0 Å². The zero-order valence-electron chi connectivity index (χ0n) is 18.1. The van der Waals surface area contributed by atoms with Crippen LogP contribution in [0.1, 0.15) is 30.0 Å².